The molecule has 2 unspecified atom stereocenters. The predicted molar refractivity (Wildman–Crippen MR) is 213 cm³/mol. The summed E-state index contributed by atoms with van der Waals surface area (Å²) in [5.74, 6) is -0.0254. The molecule has 3 aromatic carbocycles. The number of nitrogens with one attached hydrogen (secondary N) is 1. The van der Waals surface area contributed by atoms with Crippen LogP contribution in [0.25, 0.3) is 11.1 Å². The van der Waals surface area contributed by atoms with E-state index < -0.39 is 24.0 Å². The highest BCUT2D eigenvalue weighted by atomic mass is 35.5. The Bertz CT molecular complexity index is 2070. The molecule has 0 saturated carbocycles. The Hall–Kier alpha value is -5.23. The molecule has 0 aliphatic carbocycles. The van der Waals surface area contributed by atoms with Crippen molar-refractivity contribution in [3.05, 3.63) is 105 Å². The number of pyridine rings is 1. The third-order valence-electron chi connectivity index (χ3n) is 10.2. The number of aliphatic carboxylic acids is 1. The van der Waals surface area contributed by atoms with Crippen molar-refractivity contribution in [2.45, 2.75) is 59.4 Å². The average molecular weight is 801 g/mol. The fourth-order valence-electron chi connectivity index (χ4n) is 6.82. The molecule has 2 atom stereocenters. The molecule has 57 heavy (non-hydrogen) atoms. The van der Waals surface area contributed by atoms with Crippen LogP contribution in [0.15, 0.2) is 67.0 Å². The molecule has 1 aromatic heterocycles. The van der Waals surface area contributed by atoms with Gasteiger partial charge in [-0.25, -0.2) is 0 Å². The van der Waals surface area contributed by atoms with Gasteiger partial charge in [0, 0.05) is 49.2 Å². The summed E-state index contributed by atoms with van der Waals surface area (Å²) in [4.78, 5) is 30.3. The summed E-state index contributed by atoms with van der Waals surface area (Å²) in [6.45, 7) is 8.01. The minimum absolute atomic E-state index is 0.0352. The molecule has 1 saturated heterocycles. The van der Waals surface area contributed by atoms with Crippen LogP contribution in [0.2, 0.25) is 5.02 Å². The van der Waals surface area contributed by atoms with Gasteiger partial charge < -0.3 is 39.2 Å². The maximum absolute atomic E-state index is 12.5. The summed E-state index contributed by atoms with van der Waals surface area (Å²) < 4.78 is 23.9. The van der Waals surface area contributed by atoms with Crippen molar-refractivity contribution < 1.29 is 43.9 Å². The minimum Gasteiger partial charge on any atom is -0.493 e. The quantitative estimate of drug-likeness (QED) is 0.0641. The second-order valence-electron chi connectivity index (χ2n) is 14.0. The first-order valence-corrected chi connectivity index (χ1v) is 19.2. The van der Waals surface area contributed by atoms with Crippen LogP contribution in [0.1, 0.15) is 53.1 Å². The molecule has 1 fully saturated rings. The number of hydrogen-bond donors (Lipinski definition) is 4. The molecular weight excluding hydrogens is 752 g/mol. The van der Waals surface area contributed by atoms with Gasteiger partial charge in [-0.2, -0.15) is 5.26 Å². The number of nitriles is 1. The zero-order chi connectivity index (χ0) is 41.0. The maximum atomic E-state index is 12.5. The van der Waals surface area contributed by atoms with Gasteiger partial charge in [-0.1, -0.05) is 41.9 Å². The Morgan fingerprint density at radius 3 is 2.46 bits per heavy atom. The summed E-state index contributed by atoms with van der Waals surface area (Å²) in [5, 5.41) is 41.3. The summed E-state index contributed by atoms with van der Waals surface area (Å²) in [5.41, 5.74) is 5.73. The topological polar surface area (TPSA) is 184 Å². The lowest BCUT2D eigenvalue weighted by atomic mass is 9.88. The van der Waals surface area contributed by atoms with Crippen molar-refractivity contribution in [1.29, 1.82) is 5.26 Å². The van der Waals surface area contributed by atoms with Gasteiger partial charge in [-0.15, -0.1) is 0 Å². The molecule has 1 aliphatic heterocycles. The summed E-state index contributed by atoms with van der Waals surface area (Å²) in [6, 6.07) is 17.8. The number of esters is 1. The number of aliphatic hydroxyl groups excluding tert-OH is 2. The van der Waals surface area contributed by atoms with E-state index in [4.69, 9.17) is 30.5 Å². The van der Waals surface area contributed by atoms with E-state index in [0.717, 1.165) is 46.5 Å². The molecule has 0 spiro atoms. The van der Waals surface area contributed by atoms with Gasteiger partial charge in [0.25, 0.3) is 0 Å². The van der Waals surface area contributed by atoms with E-state index in [9.17, 15) is 30.2 Å². The SMILES string of the molecule is CCOC(=O)C1(CO)CCN(CCCOc2cccc(-c3cccc(COc4cc(OCc5cncc(C#N)c5)c(CNC(CO)C(=O)O)cc4Cl)c3C)c2C)C1. The molecule has 0 bridgehead atoms. The van der Waals surface area contributed by atoms with Crippen LogP contribution in [-0.4, -0.2) is 89.2 Å². The molecule has 14 heteroatoms. The Morgan fingerprint density at radius 2 is 1.74 bits per heavy atom. The van der Waals surface area contributed by atoms with Crippen LogP contribution in [0.3, 0.4) is 0 Å². The molecule has 302 valence electrons. The van der Waals surface area contributed by atoms with E-state index in [1.807, 2.05) is 38.1 Å². The van der Waals surface area contributed by atoms with E-state index in [0.29, 0.717) is 54.3 Å². The van der Waals surface area contributed by atoms with E-state index in [-0.39, 0.29) is 44.0 Å². The van der Waals surface area contributed by atoms with Gasteiger partial charge in [0.2, 0.25) is 0 Å². The number of benzene rings is 3. The van der Waals surface area contributed by atoms with Gasteiger partial charge >= 0.3 is 11.9 Å². The number of hydrogen-bond acceptors (Lipinski definition) is 12. The third kappa shape index (κ3) is 10.8. The number of aliphatic hydroxyl groups is 2. The summed E-state index contributed by atoms with van der Waals surface area (Å²) >= 11 is 6.71. The standard InChI is InChI=1S/C43H49ClN4O9/c1-4-54-42(53)43(27-50)12-14-48(26-43)13-7-15-55-38-11-6-10-35(29(38)3)34-9-5-8-32(28(34)2)25-57-40-18-39(56-24-31-16-30(19-45)20-46-21-31)33(17-36(40)44)22-47-37(23-49)41(51)52/h5-6,8-11,16-18,20-21,37,47,49-50H,4,7,12-15,22-27H2,1-3H3,(H,51,52). The number of halogens is 1. The second-order valence-corrected chi connectivity index (χ2v) is 14.4. The molecular formula is C43H49ClN4O9. The molecule has 1 aliphatic rings. The normalized spacial score (nSPS) is 15.8. The number of aromatic nitrogens is 1. The lowest BCUT2D eigenvalue weighted by Crippen LogP contribution is -2.39. The monoisotopic (exact) mass is 800 g/mol. The van der Waals surface area contributed by atoms with Crippen molar-refractivity contribution in [1.82, 2.24) is 15.2 Å². The largest absolute Gasteiger partial charge is 0.493 e. The second kappa shape index (κ2) is 20.3. The number of likely N-dealkylation sites (tertiary alicyclic amines) is 1. The number of ether oxygens (including phenoxy) is 4. The van der Waals surface area contributed by atoms with Gasteiger partial charge in [0.15, 0.2) is 0 Å². The molecule has 4 aromatic rings. The minimum atomic E-state index is -1.20. The molecule has 0 radical (unpaired) electrons. The third-order valence-corrected chi connectivity index (χ3v) is 10.5. The Morgan fingerprint density at radius 1 is 0.982 bits per heavy atom. The number of nitrogens with zero attached hydrogens (tertiary/aromatic N) is 3. The fraction of sp³-hybridized carbons (Fsp3) is 0.395. The highest BCUT2D eigenvalue weighted by Crippen LogP contribution is 2.37. The lowest BCUT2D eigenvalue weighted by molar-refractivity contribution is -0.157. The Balaban J connectivity index is 1.26. The first kappa shape index (κ1) is 42.9. The van der Waals surface area contributed by atoms with Crippen molar-refractivity contribution in [2.24, 2.45) is 5.41 Å². The van der Waals surface area contributed by atoms with Crippen LogP contribution < -0.4 is 19.5 Å². The lowest BCUT2D eigenvalue weighted by Gasteiger charge is -2.24. The molecule has 13 nitrogen and oxygen atoms in total. The fourth-order valence-corrected chi connectivity index (χ4v) is 7.07. The number of carboxylic acid groups (broad SMARTS) is 1. The van der Waals surface area contributed by atoms with Crippen LogP contribution in [0.4, 0.5) is 0 Å². The number of rotatable bonds is 20. The predicted octanol–water partition coefficient (Wildman–Crippen LogP) is 5.60. The van der Waals surface area contributed by atoms with E-state index in [1.165, 1.54) is 6.20 Å². The van der Waals surface area contributed by atoms with E-state index in [2.05, 4.69) is 33.4 Å². The van der Waals surface area contributed by atoms with Crippen LogP contribution in [0, 0.1) is 30.6 Å². The Kier molecular flexibility index (Phi) is 15.3. The Labute approximate surface area is 337 Å². The van der Waals surface area contributed by atoms with Gasteiger partial charge in [0.1, 0.15) is 48.0 Å². The van der Waals surface area contributed by atoms with Gasteiger partial charge in [0.05, 0.1) is 37.0 Å². The smallest absolute Gasteiger partial charge is 0.323 e. The van der Waals surface area contributed by atoms with Crippen molar-refractivity contribution >= 4 is 23.5 Å². The highest BCUT2D eigenvalue weighted by Gasteiger charge is 2.45. The van der Waals surface area contributed by atoms with Crippen LogP contribution in [-0.2, 0) is 34.1 Å². The molecule has 4 N–H and O–H groups in total. The van der Waals surface area contributed by atoms with Crippen molar-refractivity contribution in [3.8, 4) is 34.4 Å². The van der Waals surface area contributed by atoms with Crippen molar-refractivity contribution in [2.75, 3.05) is 46.1 Å². The summed E-state index contributed by atoms with van der Waals surface area (Å²) in [6.07, 6.45) is 4.37. The average Bonchev–Trinajstić information content (AvgIpc) is 3.65. The first-order chi connectivity index (χ1) is 27.5. The van der Waals surface area contributed by atoms with Crippen LogP contribution >= 0.6 is 11.6 Å². The van der Waals surface area contributed by atoms with E-state index >= 15 is 0 Å². The molecule has 5 rings (SSSR count). The number of carboxylic acids is 1. The first-order valence-electron chi connectivity index (χ1n) is 18.8. The summed E-state index contributed by atoms with van der Waals surface area (Å²) in [7, 11) is 0. The van der Waals surface area contributed by atoms with E-state index in [1.54, 1.807) is 31.3 Å². The molecule has 2 heterocycles. The molecule has 0 amide bonds. The number of carbonyl (C=O) groups excluding carboxylic acids is 1. The maximum Gasteiger partial charge on any atom is 0.323 e. The zero-order valence-corrected chi connectivity index (χ0v) is 33.2. The zero-order valence-electron chi connectivity index (χ0n) is 32.4. The van der Waals surface area contributed by atoms with Gasteiger partial charge in [-0.05, 0) is 86.2 Å². The van der Waals surface area contributed by atoms with Crippen molar-refractivity contribution in [3.63, 3.8) is 0 Å². The van der Waals surface area contributed by atoms with Crippen LogP contribution in [0.5, 0.6) is 17.2 Å². The van der Waals surface area contributed by atoms with Gasteiger partial charge in [-0.3, -0.25) is 19.9 Å². The number of carbonyl (C=O) groups is 2. The highest BCUT2D eigenvalue weighted by molar-refractivity contribution is 6.32.